The van der Waals surface area contributed by atoms with Crippen molar-refractivity contribution >= 4 is 35.0 Å². The van der Waals surface area contributed by atoms with Crippen molar-refractivity contribution in [1.29, 1.82) is 0 Å². The highest BCUT2D eigenvalue weighted by Crippen LogP contribution is 2.46. The number of nitrogens with zero attached hydrogens (tertiary/aromatic N) is 4. The highest BCUT2D eigenvalue weighted by atomic mass is 16.6. The van der Waals surface area contributed by atoms with Crippen molar-refractivity contribution in [1.82, 2.24) is 40.4 Å². The van der Waals surface area contributed by atoms with Crippen LogP contribution in [-0.2, 0) is 28.5 Å². The van der Waals surface area contributed by atoms with E-state index in [1.165, 1.54) is 14.2 Å². The fourth-order valence-corrected chi connectivity index (χ4v) is 8.63. The predicted molar refractivity (Wildman–Crippen MR) is 255 cm³/mol. The number of H-pyrrole nitrogens is 2. The minimum Gasteiger partial charge on any atom is -0.487 e. The van der Waals surface area contributed by atoms with Gasteiger partial charge in [0.15, 0.2) is 11.5 Å². The summed E-state index contributed by atoms with van der Waals surface area (Å²) < 4.78 is 33.4. The van der Waals surface area contributed by atoms with Gasteiger partial charge in [-0.3, -0.25) is 9.59 Å². The zero-order valence-electron chi connectivity index (χ0n) is 39.9. The van der Waals surface area contributed by atoms with Crippen LogP contribution in [0.2, 0.25) is 0 Å². The van der Waals surface area contributed by atoms with Crippen LogP contribution in [0.15, 0.2) is 72.9 Å². The van der Waals surface area contributed by atoms with Crippen LogP contribution in [0.5, 0.6) is 11.5 Å². The van der Waals surface area contributed by atoms with Gasteiger partial charge in [0.05, 0.1) is 56.4 Å². The van der Waals surface area contributed by atoms with Crippen LogP contribution in [0, 0.1) is 11.8 Å². The molecule has 0 bridgehead atoms. The Balaban J connectivity index is 1.17. The molecule has 5 aromatic rings. The van der Waals surface area contributed by atoms with Crippen LogP contribution < -0.4 is 20.1 Å². The lowest BCUT2D eigenvalue weighted by Gasteiger charge is -2.29. The number of alkyl carbamates (subject to hydrolysis) is 2. The first-order valence-electron chi connectivity index (χ1n) is 22.9. The summed E-state index contributed by atoms with van der Waals surface area (Å²) in [5.41, 5.74) is 6.50. The first-order valence-corrected chi connectivity index (χ1v) is 22.9. The van der Waals surface area contributed by atoms with Crippen molar-refractivity contribution in [3.63, 3.8) is 0 Å². The van der Waals surface area contributed by atoms with Crippen molar-refractivity contribution in [3.8, 4) is 45.0 Å². The molecule has 362 valence electrons. The number of hydrogen-bond donors (Lipinski definition) is 4. The van der Waals surface area contributed by atoms with Crippen LogP contribution in [0.25, 0.3) is 44.5 Å². The summed E-state index contributed by atoms with van der Waals surface area (Å²) in [5, 5.41) is 5.39. The summed E-state index contributed by atoms with van der Waals surface area (Å²) in [6.45, 7) is 9.67. The molecule has 3 aromatic carbocycles. The first-order chi connectivity index (χ1) is 32.9. The number of nitrogens with one attached hydrogen (secondary N) is 4. The summed E-state index contributed by atoms with van der Waals surface area (Å²) in [6.07, 6.45) is 5.80. The van der Waals surface area contributed by atoms with Crippen LogP contribution in [0.3, 0.4) is 0 Å². The highest BCUT2D eigenvalue weighted by molar-refractivity contribution is 5.90. The normalized spacial score (nSPS) is 16.6. The Morgan fingerprint density at radius 3 is 1.87 bits per heavy atom. The van der Waals surface area contributed by atoms with Gasteiger partial charge in [0.2, 0.25) is 11.8 Å². The average Bonchev–Trinajstić information content (AvgIpc) is 4.19. The number of aromatic amines is 2. The Bertz CT molecular complexity index is 2590. The first kappa shape index (κ1) is 49.0. The molecule has 18 nitrogen and oxygen atoms in total. The Hall–Kier alpha value is -6.92. The topological polar surface area (TPSA) is 212 Å². The van der Waals surface area contributed by atoms with Gasteiger partial charge in [-0.25, -0.2) is 19.6 Å². The van der Waals surface area contributed by atoms with E-state index in [-0.39, 0.29) is 42.9 Å². The van der Waals surface area contributed by atoms with Crippen molar-refractivity contribution < 1.29 is 47.6 Å². The van der Waals surface area contributed by atoms with Crippen LogP contribution in [0.1, 0.15) is 64.3 Å². The number of methoxy groups -OCH3 is 4. The molecule has 18 heteroatoms. The zero-order valence-corrected chi connectivity index (χ0v) is 39.9. The lowest BCUT2D eigenvalue weighted by atomic mass is 9.96. The Labute approximate surface area is 396 Å². The maximum Gasteiger partial charge on any atom is 0.407 e. The van der Waals surface area contributed by atoms with E-state index in [2.05, 4.69) is 25.6 Å². The summed E-state index contributed by atoms with van der Waals surface area (Å²) in [7, 11) is 5.79. The van der Waals surface area contributed by atoms with Crippen molar-refractivity contribution in [2.75, 3.05) is 68.0 Å². The van der Waals surface area contributed by atoms with Gasteiger partial charge in [-0.15, -0.1) is 0 Å². The molecule has 0 unspecified atom stereocenters. The maximum atomic E-state index is 13.8. The molecule has 2 aromatic heterocycles. The maximum absolute atomic E-state index is 13.8. The number of fused-ring (bicyclic) bond motifs is 1. The van der Waals surface area contributed by atoms with Gasteiger partial charge < -0.3 is 58.8 Å². The van der Waals surface area contributed by atoms with E-state index in [1.807, 2.05) is 94.4 Å². The van der Waals surface area contributed by atoms with Crippen molar-refractivity contribution in [3.05, 3.63) is 84.6 Å². The number of carbonyl (C=O) groups excluding carboxylic acids is 4. The van der Waals surface area contributed by atoms with E-state index >= 15 is 0 Å². The molecule has 2 aliphatic heterocycles. The summed E-state index contributed by atoms with van der Waals surface area (Å²) in [6, 6.07) is 15.8. The lowest BCUT2D eigenvalue weighted by molar-refractivity contribution is -0.136. The van der Waals surface area contributed by atoms with Crippen LogP contribution in [0.4, 0.5) is 9.59 Å². The second-order valence-electron chi connectivity index (χ2n) is 17.4. The predicted octanol–water partition coefficient (Wildman–Crippen LogP) is 7.20. The number of imidazole rings is 2. The number of carbonyl (C=O) groups is 4. The van der Waals surface area contributed by atoms with Gasteiger partial charge >= 0.3 is 12.2 Å². The molecule has 1 saturated heterocycles. The van der Waals surface area contributed by atoms with Gasteiger partial charge in [0, 0.05) is 38.4 Å². The van der Waals surface area contributed by atoms with Gasteiger partial charge in [-0.2, -0.15) is 0 Å². The van der Waals surface area contributed by atoms with Crippen molar-refractivity contribution in [2.45, 2.75) is 64.7 Å². The number of benzene rings is 3. The number of aromatic nitrogens is 4. The second-order valence-corrected chi connectivity index (χ2v) is 17.4. The summed E-state index contributed by atoms with van der Waals surface area (Å²) >= 11 is 0. The molecule has 2 aliphatic rings. The van der Waals surface area contributed by atoms with Crippen molar-refractivity contribution in [2.24, 2.45) is 11.8 Å². The number of ether oxygens (including phenoxy) is 6. The molecule has 0 saturated carbocycles. The van der Waals surface area contributed by atoms with E-state index < -0.39 is 30.3 Å². The molecule has 4 heterocycles. The SMILES string of the molecule is COCCOc1c(-c2ccc(-c3cnc([C@@H]4C=CCN4C(=O)[C@@H](NC(=O)OC)C(C)C)[nH]3)cc2)ccc(-c2ccc3nc([C@@H]4CCCN4C(=O)[C@@H](NC(=O)OC)C(C)C)[nH]c3c2)c1OCCOC. The molecule has 0 aliphatic carbocycles. The third kappa shape index (κ3) is 10.8. The molecule has 4 atom stereocenters. The van der Waals surface area contributed by atoms with E-state index in [0.29, 0.717) is 49.5 Å². The molecule has 4 amide bonds. The number of likely N-dealkylation sites (tertiary alicyclic amines) is 1. The largest absolute Gasteiger partial charge is 0.487 e. The number of rotatable bonds is 19. The molecule has 4 N–H and O–H groups in total. The minimum absolute atomic E-state index is 0.150. The Morgan fingerprint density at radius 2 is 1.28 bits per heavy atom. The van der Waals surface area contributed by atoms with E-state index in [9.17, 15) is 19.2 Å². The van der Waals surface area contributed by atoms with Gasteiger partial charge in [0.1, 0.15) is 43.0 Å². The van der Waals surface area contributed by atoms with Crippen LogP contribution in [-0.4, -0.2) is 134 Å². The van der Waals surface area contributed by atoms with E-state index in [1.54, 1.807) is 30.2 Å². The fourth-order valence-electron chi connectivity index (χ4n) is 8.63. The minimum atomic E-state index is -0.764. The Morgan fingerprint density at radius 1 is 0.706 bits per heavy atom. The third-order valence-corrected chi connectivity index (χ3v) is 12.2. The molecule has 0 radical (unpaired) electrons. The quantitative estimate of drug-likeness (QED) is 0.0478. The number of amides is 4. The van der Waals surface area contributed by atoms with Gasteiger partial charge in [-0.05, 0) is 65.6 Å². The van der Waals surface area contributed by atoms with Gasteiger partial charge in [0.25, 0.3) is 0 Å². The smallest absolute Gasteiger partial charge is 0.407 e. The highest BCUT2D eigenvalue weighted by Gasteiger charge is 2.38. The standard InChI is InChI=1S/C50H62N8O10/c1-29(2)41(55-49(61)65-7)47(59)57-21-9-11-39(57)45-51-28-38(54-45)32-15-13-31(14-16-32)34-18-19-35(44(68-26-24-64-6)43(34)67-25-23-63-5)33-17-20-36-37(27-33)53-46(52-36)40-12-10-22-58(40)48(60)42(30(3)4)56-50(62)66-8/h9,11,13-20,27-30,39-42H,10,12,21-26H2,1-8H3,(H,51,54)(H,52,53)(H,55,61)(H,56,62)/t39-,40-,41-,42-/m0/s1. The van der Waals surface area contributed by atoms with Gasteiger partial charge in [-0.1, -0.05) is 70.2 Å². The molecular weight excluding hydrogens is 873 g/mol. The average molecular weight is 935 g/mol. The summed E-state index contributed by atoms with van der Waals surface area (Å²) in [5.74, 6) is 1.62. The fraction of sp³-hybridized carbons (Fsp3) is 0.440. The molecule has 7 rings (SSSR count). The molecular formula is C50H62N8O10. The summed E-state index contributed by atoms with van der Waals surface area (Å²) in [4.78, 5) is 71.7. The van der Waals surface area contributed by atoms with Crippen LogP contribution >= 0.6 is 0 Å². The molecule has 1 fully saturated rings. The third-order valence-electron chi connectivity index (χ3n) is 12.2. The van der Waals surface area contributed by atoms with E-state index in [4.69, 9.17) is 33.4 Å². The lowest BCUT2D eigenvalue weighted by Crippen LogP contribution is -2.51. The molecule has 68 heavy (non-hydrogen) atoms. The monoisotopic (exact) mass is 934 g/mol. The molecule has 0 spiro atoms. The zero-order chi connectivity index (χ0) is 48.5. The second kappa shape index (κ2) is 22.3. The van der Waals surface area contributed by atoms with E-state index in [0.717, 1.165) is 57.4 Å². The Kier molecular flexibility index (Phi) is 16.0. The number of hydrogen-bond acceptors (Lipinski definition) is 12.